The lowest BCUT2D eigenvalue weighted by molar-refractivity contribution is -0.132. The van der Waals surface area contributed by atoms with Gasteiger partial charge in [-0.1, -0.05) is 30.6 Å². The van der Waals surface area contributed by atoms with Crippen LogP contribution in [0, 0.1) is 5.92 Å². The van der Waals surface area contributed by atoms with E-state index in [4.69, 9.17) is 49.5 Å². The Bertz CT molecular complexity index is 1200. The summed E-state index contributed by atoms with van der Waals surface area (Å²) in [6.45, 7) is 8.43. The Morgan fingerprint density at radius 2 is 1.21 bits per heavy atom. The number of carbonyl (C=O) groups is 3. The van der Waals surface area contributed by atoms with Crippen LogP contribution in [-0.4, -0.2) is 161 Å². The Balaban J connectivity index is 1.96. The number of nitrogens with zero attached hydrogens (tertiary/aromatic N) is 3. The maximum Gasteiger partial charge on any atom is 0.227 e. The summed E-state index contributed by atoms with van der Waals surface area (Å²) in [4.78, 5) is 40.6. The van der Waals surface area contributed by atoms with Crippen LogP contribution in [-0.2, 0) is 63.6 Å². The van der Waals surface area contributed by atoms with E-state index >= 15 is 0 Å². The van der Waals surface area contributed by atoms with Gasteiger partial charge in [0.05, 0.1) is 106 Å². The lowest BCUT2D eigenvalue weighted by Gasteiger charge is -2.17. The average molecular weight is 816 g/mol. The Morgan fingerprint density at radius 3 is 1.72 bits per heavy atom. The van der Waals surface area contributed by atoms with Gasteiger partial charge in [-0.05, 0) is 55.6 Å². The number of Topliss-reactive ketones (excluding diaryl/α,β-unsaturated/α-hetero) is 2. The molecular formula is C39H67N5O13. The zero-order valence-corrected chi connectivity index (χ0v) is 33.6. The van der Waals surface area contributed by atoms with Gasteiger partial charge in [-0.25, -0.2) is 0 Å². The molecule has 1 atom stereocenters. The van der Waals surface area contributed by atoms with Gasteiger partial charge in [0.1, 0.15) is 13.2 Å². The van der Waals surface area contributed by atoms with E-state index in [0.29, 0.717) is 144 Å². The van der Waals surface area contributed by atoms with Gasteiger partial charge < -0.3 is 58.4 Å². The number of ketones is 2. The molecule has 18 heteroatoms. The maximum absolute atomic E-state index is 13.0. The Kier molecular flexibility index (Phi) is 34.9. The number of unbranched alkanes of at least 4 members (excludes halogenated alkanes) is 1. The summed E-state index contributed by atoms with van der Waals surface area (Å²) in [7, 11) is 0. The first kappa shape index (κ1) is 50.0. The van der Waals surface area contributed by atoms with E-state index in [-0.39, 0.29) is 50.1 Å². The van der Waals surface area contributed by atoms with Crippen LogP contribution in [0.4, 0.5) is 5.69 Å². The lowest BCUT2D eigenvalue weighted by atomic mass is 9.95. The average Bonchev–Trinajstić information content (AvgIpc) is 3.22. The SMILES string of the molecule is [3H]CCNCCCCC(CC(=O)COCC(=O)CCCOCCOCCOCCOCCOCCOCCOCCOCCN=[N+]=[N-])C(=O)Nc1ccc(CO)cc1. The normalized spacial score (nSPS) is 11.9. The molecule has 3 N–H and O–H groups in total. The smallest absolute Gasteiger partial charge is 0.227 e. The second-order valence-corrected chi connectivity index (χ2v) is 12.5. The van der Waals surface area contributed by atoms with E-state index < -0.39 is 5.92 Å². The number of benzene rings is 1. The summed E-state index contributed by atoms with van der Waals surface area (Å²) in [5.41, 5.74) is 9.47. The summed E-state index contributed by atoms with van der Waals surface area (Å²) in [5, 5.41) is 18.6. The summed E-state index contributed by atoms with van der Waals surface area (Å²) < 4.78 is 56.0. The zero-order chi connectivity index (χ0) is 42.0. The number of aliphatic hydroxyl groups is 1. The van der Waals surface area contributed by atoms with E-state index in [1.165, 1.54) is 0 Å². The number of anilines is 1. The van der Waals surface area contributed by atoms with Crippen molar-refractivity contribution < 1.29 is 63.5 Å². The van der Waals surface area contributed by atoms with Crippen LogP contribution in [0.1, 0.15) is 52.4 Å². The van der Waals surface area contributed by atoms with Crippen molar-refractivity contribution in [2.24, 2.45) is 11.0 Å². The van der Waals surface area contributed by atoms with E-state index in [9.17, 15) is 19.5 Å². The van der Waals surface area contributed by atoms with E-state index in [1.807, 2.05) is 0 Å². The fourth-order valence-corrected chi connectivity index (χ4v) is 4.88. The van der Waals surface area contributed by atoms with Gasteiger partial charge in [0.15, 0.2) is 11.6 Å². The zero-order valence-electron chi connectivity index (χ0n) is 34.6. The van der Waals surface area contributed by atoms with Crippen molar-refractivity contribution in [2.45, 2.75) is 52.0 Å². The number of ether oxygens (including phenoxy) is 9. The molecular weight excluding hydrogens is 746 g/mol. The van der Waals surface area contributed by atoms with Gasteiger partial charge >= 0.3 is 0 Å². The Hall–Kier alpha value is -3.10. The molecule has 0 spiro atoms. The second-order valence-electron chi connectivity index (χ2n) is 12.5. The van der Waals surface area contributed by atoms with Gasteiger partial charge in [-0.2, -0.15) is 0 Å². The van der Waals surface area contributed by atoms with Gasteiger partial charge in [0.25, 0.3) is 0 Å². The number of rotatable bonds is 43. The number of aliphatic hydroxyl groups excluding tert-OH is 1. The number of amides is 1. The van der Waals surface area contributed by atoms with Crippen LogP contribution in [0.15, 0.2) is 29.4 Å². The fraction of sp³-hybridized carbons (Fsp3) is 0.769. The summed E-state index contributed by atoms with van der Waals surface area (Å²) >= 11 is 0. The van der Waals surface area contributed by atoms with Gasteiger partial charge in [-0.3, -0.25) is 14.4 Å². The molecule has 326 valence electrons. The Morgan fingerprint density at radius 1 is 0.702 bits per heavy atom. The molecule has 0 heterocycles. The number of azide groups is 1. The standard InChI is InChI=1S/C39H67N5O13/c1-2-41-12-4-3-6-35(39(48)43-36-10-8-34(31-45)9-11-36)30-38(47)33-57-32-37(46)7-5-14-49-16-18-51-20-22-53-24-26-55-28-29-56-27-25-54-23-21-52-19-17-50-15-13-42-44-40/h8-11,35,41,45H,2-7,12-33H2,1H3,(H,43,48)/i1T. The van der Waals surface area contributed by atoms with Crippen LogP contribution >= 0.6 is 0 Å². The molecule has 1 aromatic rings. The number of carbonyl (C=O) groups excluding carboxylic acids is 3. The molecule has 0 aliphatic heterocycles. The minimum atomic E-state index is -0.551. The highest BCUT2D eigenvalue weighted by atomic mass is 16.6. The van der Waals surface area contributed by atoms with Gasteiger partial charge in [0.2, 0.25) is 5.91 Å². The molecule has 0 fully saturated rings. The molecule has 0 aromatic heterocycles. The van der Waals surface area contributed by atoms with Crippen LogP contribution in [0.2, 0.25) is 0 Å². The minimum Gasteiger partial charge on any atom is -0.392 e. The van der Waals surface area contributed by atoms with Crippen molar-refractivity contribution in [1.29, 1.82) is 0 Å². The molecule has 57 heavy (non-hydrogen) atoms. The molecule has 0 saturated carbocycles. The van der Waals surface area contributed by atoms with Crippen LogP contribution in [0.5, 0.6) is 0 Å². The summed E-state index contributed by atoms with van der Waals surface area (Å²) in [6.07, 6.45) is 2.85. The van der Waals surface area contributed by atoms with Gasteiger partial charge in [-0.15, -0.1) is 0 Å². The maximum atomic E-state index is 13.0. The van der Waals surface area contributed by atoms with E-state index in [2.05, 4.69) is 20.7 Å². The second kappa shape index (κ2) is 39.7. The largest absolute Gasteiger partial charge is 0.392 e. The Labute approximate surface area is 338 Å². The molecule has 1 amide bonds. The van der Waals surface area contributed by atoms with Crippen molar-refractivity contribution in [1.82, 2.24) is 5.32 Å². The molecule has 1 aromatic carbocycles. The first-order chi connectivity index (χ1) is 28.5. The predicted molar refractivity (Wildman–Crippen MR) is 212 cm³/mol. The molecule has 18 nitrogen and oxygen atoms in total. The molecule has 1 unspecified atom stereocenters. The molecule has 0 saturated heterocycles. The predicted octanol–water partition coefficient (Wildman–Crippen LogP) is 3.28. The van der Waals surface area contributed by atoms with Gasteiger partial charge in [0, 0.05) is 43.9 Å². The molecule has 1 rings (SSSR count). The van der Waals surface area contributed by atoms with Crippen molar-refractivity contribution in [2.75, 3.05) is 144 Å². The number of nitrogens with one attached hydrogen (secondary N) is 2. The third kappa shape index (κ3) is 33.6. The first-order valence-electron chi connectivity index (χ1n) is 20.4. The fourth-order valence-electron chi connectivity index (χ4n) is 4.88. The van der Waals surface area contributed by atoms with Crippen molar-refractivity contribution in [3.63, 3.8) is 0 Å². The summed E-state index contributed by atoms with van der Waals surface area (Å²) in [5.74, 6) is -1.20. The highest BCUT2D eigenvalue weighted by molar-refractivity contribution is 5.95. The van der Waals surface area contributed by atoms with Crippen LogP contribution in [0.25, 0.3) is 10.4 Å². The van der Waals surface area contributed by atoms with Crippen molar-refractivity contribution in [3.05, 3.63) is 40.3 Å². The molecule has 0 bridgehead atoms. The third-order valence-electron chi connectivity index (χ3n) is 7.86. The third-order valence-corrected chi connectivity index (χ3v) is 7.86. The first-order valence-corrected chi connectivity index (χ1v) is 19.7. The number of hydrogen-bond acceptors (Lipinski definition) is 15. The van der Waals surface area contributed by atoms with Crippen LogP contribution < -0.4 is 10.6 Å². The quantitative estimate of drug-likeness (QED) is 0.0372. The molecule has 0 aliphatic carbocycles. The van der Waals surface area contributed by atoms with Crippen LogP contribution in [0.3, 0.4) is 0 Å². The highest BCUT2D eigenvalue weighted by Crippen LogP contribution is 2.18. The van der Waals surface area contributed by atoms with Crippen molar-refractivity contribution >= 4 is 23.2 Å². The highest BCUT2D eigenvalue weighted by Gasteiger charge is 2.22. The topological polar surface area (TPSA) is 227 Å². The lowest BCUT2D eigenvalue weighted by Crippen LogP contribution is -2.27. The minimum absolute atomic E-state index is 0.00124. The van der Waals surface area contributed by atoms with Crippen molar-refractivity contribution in [3.8, 4) is 0 Å². The molecule has 0 radical (unpaired) electrons. The number of hydrogen-bond donors (Lipinski definition) is 3. The van der Waals surface area contributed by atoms with E-state index in [0.717, 1.165) is 24.9 Å². The molecule has 0 aliphatic rings. The summed E-state index contributed by atoms with van der Waals surface area (Å²) in [6, 6.07) is 6.86. The monoisotopic (exact) mass is 815 g/mol. The van der Waals surface area contributed by atoms with E-state index in [1.54, 1.807) is 24.3 Å².